The molecule has 0 aliphatic carbocycles. The number of rotatable bonds is 2. The van der Waals surface area contributed by atoms with E-state index in [1.807, 2.05) is 6.92 Å². The number of aryl methyl sites for hydroxylation is 1. The minimum absolute atomic E-state index is 0.00454. The molecule has 0 aromatic carbocycles. The average Bonchev–Trinajstić information content (AvgIpc) is 2.76. The number of nitrogens with zero attached hydrogens (tertiary/aromatic N) is 1. The number of anilines is 1. The third-order valence-corrected chi connectivity index (χ3v) is 2.69. The summed E-state index contributed by atoms with van der Waals surface area (Å²) in [4.78, 5) is 15.9. The molecule has 1 aliphatic heterocycles. The Morgan fingerprint density at radius 1 is 1.62 bits per heavy atom. The normalized spacial score (nSPS) is 19.7. The van der Waals surface area contributed by atoms with Gasteiger partial charge in [-0.2, -0.15) is 0 Å². The number of carbonyl (C=O) groups excluding carboxylic acids is 1. The Hall–Kier alpha value is -1.62. The minimum Gasteiger partial charge on any atom is -0.504 e. The van der Waals surface area contributed by atoms with Crippen molar-refractivity contribution in [3.05, 3.63) is 17.8 Å². The number of hydrogen-bond acceptors (Lipinski definition) is 4. The Morgan fingerprint density at radius 2 is 2.44 bits per heavy atom. The average molecular weight is 221 g/mol. The molecule has 0 spiro atoms. The van der Waals surface area contributed by atoms with Gasteiger partial charge in [0, 0.05) is 12.2 Å². The molecule has 86 valence electrons. The standard InChI is InChI=1S/C11H15N3O2/c1-7-2-3-9(15)10(13-7)14-11(16)8-4-5-12-6-8/h2-3,8,12,15H,4-6H2,1H3,(H,13,14,16). The molecule has 1 aromatic heterocycles. The third kappa shape index (κ3) is 2.30. The lowest BCUT2D eigenvalue weighted by molar-refractivity contribution is -0.119. The maximum absolute atomic E-state index is 11.8. The van der Waals surface area contributed by atoms with Gasteiger partial charge in [0.15, 0.2) is 11.6 Å². The maximum Gasteiger partial charge on any atom is 0.230 e. The van der Waals surface area contributed by atoms with Gasteiger partial charge in [-0.1, -0.05) is 0 Å². The maximum atomic E-state index is 11.8. The zero-order valence-electron chi connectivity index (χ0n) is 9.16. The SMILES string of the molecule is Cc1ccc(O)c(NC(=O)C2CCNC2)n1. The summed E-state index contributed by atoms with van der Waals surface area (Å²) in [5, 5.41) is 15.3. The molecule has 0 bridgehead atoms. The summed E-state index contributed by atoms with van der Waals surface area (Å²) in [6.45, 7) is 3.37. The molecule has 3 N–H and O–H groups in total. The molecular weight excluding hydrogens is 206 g/mol. The van der Waals surface area contributed by atoms with Crippen LogP contribution in [0.15, 0.2) is 12.1 Å². The summed E-state index contributed by atoms with van der Waals surface area (Å²) < 4.78 is 0. The Bertz CT molecular complexity index is 400. The van der Waals surface area contributed by atoms with Crippen LogP contribution < -0.4 is 10.6 Å². The molecule has 0 saturated carbocycles. The Balaban J connectivity index is 2.07. The van der Waals surface area contributed by atoms with Gasteiger partial charge in [-0.25, -0.2) is 4.98 Å². The summed E-state index contributed by atoms with van der Waals surface area (Å²) in [5.41, 5.74) is 0.762. The summed E-state index contributed by atoms with van der Waals surface area (Å²) >= 11 is 0. The van der Waals surface area contributed by atoms with E-state index < -0.39 is 0 Å². The minimum atomic E-state index is -0.0848. The van der Waals surface area contributed by atoms with Crippen LogP contribution in [0, 0.1) is 12.8 Å². The number of amides is 1. The molecule has 1 aliphatic rings. The molecule has 1 atom stereocenters. The molecule has 1 unspecified atom stereocenters. The second-order valence-electron chi connectivity index (χ2n) is 4.00. The molecule has 1 saturated heterocycles. The van der Waals surface area contributed by atoms with Crippen LogP contribution >= 0.6 is 0 Å². The van der Waals surface area contributed by atoms with Crippen molar-refractivity contribution in [2.45, 2.75) is 13.3 Å². The fourth-order valence-corrected chi connectivity index (χ4v) is 1.74. The topological polar surface area (TPSA) is 74.2 Å². The van der Waals surface area contributed by atoms with Crippen LogP contribution in [0.4, 0.5) is 5.82 Å². The van der Waals surface area contributed by atoms with Crippen LogP contribution in [0.25, 0.3) is 0 Å². The van der Waals surface area contributed by atoms with Crippen molar-refractivity contribution in [3.8, 4) is 5.75 Å². The van der Waals surface area contributed by atoms with Crippen LogP contribution in [-0.2, 0) is 4.79 Å². The third-order valence-electron chi connectivity index (χ3n) is 2.69. The van der Waals surface area contributed by atoms with Crippen LogP contribution in [0.1, 0.15) is 12.1 Å². The lowest BCUT2D eigenvalue weighted by Gasteiger charge is -2.10. The summed E-state index contributed by atoms with van der Waals surface area (Å²) in [7, 11) is 0. The molecule has 16 heavy (non-hydrogen) atoms. The van der Waals surface area contributed by atoms with Gasteiger partial charge >= 0.3 is 0 Å². The highest BCUT2D eigenvalue weighted by Crippen LogP contribution is 2.21. The number of aromatic hydroxyl groups is 1. The van der Waals surface area contributed by atoms with E-state index in [0.29, 0.717) is 6.54 Å². The molecule has 2 rings (SSSR count). The van der Waals surface area contributed by atoms with Gasteiger partial charge in [-0.15, -0.1) is 0 Å². The van der Waals surface area contributed by atoms with E-state index in [9.17, 15) is 9.90 Å². The lowest BCUT2D eigenvalue weighted by atomic mass is 10.1. The summed E-state index contributed by atoms with van der Waals surface area (Å²) in [5.74, 6) is 0.141. The van der Waals surface area contributed by atoms with Gasteiger partial charge in [0.05, 0.1) is 5.92 Å². The Kier molecular flexibility index (Phi) is 3.05. The van der Waals surface area contributed by atoms with E-state index in [2.05, 4.69) is 15.6 Å². The highest BCUT2D eigenvalue weighted by Gasteiger charge is 2.23. The zero-order valence-corrected chi connectivity index (χ0v) is 9.16. The van der Waals surface area contributed by atoms with Crippen molar-refractivity contribution in [1.82, 2.24) is 10.3 Å². The first-order chi connectivity index (χ1) is 7.66. The highest BCUT2D eigenvalue weighted by molar-refractivity contribution is 5.93. The number of nitrogens with one attached hydrogen (secondary N) is 2. The number of hydrogen-bond donors (Lipinski definition) is 3. The Morgan fingerprint density at radius 3 is 3.12 bits per heavy atom. The number of carbonyl (C=O) groups is 1. The van der Waals surface area contributed by atoms with Crippen molar-refractivity contribution in [1.29, 1.82) is 0 Å². The van der Waals surface area contributed by atoms with Crippen LogP contribution in [0.5, 0.6) is 5.75 Å². The molecular formula is C11H15N3O2. The molecule has 1 fully saturated rings. The highest BCUT2D eigenvalue weighted by atomic mass is 16.3. The van der Waals surface area contributed by atoms with E-state index >= 15 is 0 Å². The van der Waals surface area contributed by atoms with Gasteiger partial charge in [0.2, 0.25) is 5.91 Å². The number of pyridine rings is 1. The van der Waals surface area contributed by atoms with Crippen LogP contribution in [-0.4, -0.2) is 29.1 Å². The predicted molar refractivity (Wildman–Crippen MR) is 60.2 cm³/mol. The first-order valence-corrected chi connectivity index (χ1v) is 5.35. The van der Waals surface area contributed by atoms with Crippen molar-refractivity contribution in [2.75, 3.05) is 18.4 Å². The second-order valence-corrected chi connectivity index (χ2v) is 4.00. The summed E-state index contributed by atoms with van der Waals surface area (Å²) in [6.07, 6.45) is 0.832. The first-order valence-electron chi connectivity index (χ1n) is 5.35. The van der Waals surface area contributed by atoms with Crippen LogP contribution in [0.2, 0.25) is 0 Å². The van der Waals surface area contributed by atoms with E-state index in [4.69, 9.17) is 0 Å². The molecule has 2 heterocycles. The van der Waals surface area contributed by atoms with Gasteiger partial charge < -0.3 is 15.7 Å². The molecule has 1 aromatic rings. The zero-order chi connectivity index (χ0) is 11.5. The quantitative estimate of drug-likeness (QED) is 0.685. The first kappa shape index (κ1) is 10.9. The summed E-state index contributed by atoms with van der Waals surface area (Å²) in [6, 6.07) is 3.23. The molecule has 5 heteroatoms. The number of aromatic nitrogens is 1. The fraction of sp³-hybridized carbons (Fsp3) is 0.455. The van der Waals surface area contributed by atoms with Gasteiger partial charge in [-0.3, -0.25) is 4.79 Å². The van der Waals surface area contributed by atoms with Gasteiger partial charge in [-0.05, 0) is 32.0 Å². The van der Waals surface area contributed by atoms with Crippen molar-refractivity contribution < 1.29 is 9.90 Å². The van der Waals surface area contributed by atoms with E-state index in [-0.39, 0.29) is 23.4 Å². The molecule has 5 nitrogen and oxygen atoms in total. The molecule has 0 radical (unpaired) electrons. The smallest absolute Gasteiger partial charge is 0.230 e. The van der Waals surface area contributed by atoms with E-state index in [1.54, 1.807) is 6.07 Å². The lowest BCUT2D eigenvalue weighted by Crippen LogP contribution is -2.25. The predicted octanol–water partition coefficient (Wildman–Crippen LogP) is 0.644. The monoisotopic (exact) mass is 221 g/mol. The molecule has 1 amide bonds. The van der Waals surface area contributed by atoms with Crippen LogP contribution in [0.3, 0.4) is 0 Å². The van der Waals surface area contributed by atoms with Crippen molar-refractivity contribution >= 4 is 11.7 Å². The van der Waals surface area contributed by atoms with Gasteiger partial charge in [0.25, 0.3) is 0 Å². The Labute approximate surface area is 93.9 Å². The second kappa shape index (κ2) is 4.49. The van der Waals surface area contributed by atoms with E-state index in [1.165, 1.54) is 6.07 Å². The van der Waals surface area contributed by atoms with E-state index in [0.717, 1.165) is 18.7 Å². The van der Waals surface area contributed by atoms with Gasteiger partial charge in [0.1, 0.15) is 0 Å². The largest absolute Gasteiger partial charge is 0.504 e. The fourth-order valence-electron chi connectivity index (χ4n) is 1.74. The van der Waals surface area contributed by atoms with Crippen molar-refractivity contribution in [2.24, 2.45) is 5.92 Å². The van der Waals surface area contributed by atoms with Crippen molar-refractivity contribution in [3.63, 3.8) is 0 Å².